The summed E-state index contributed by atoms with van der Waals surface area (Å²) < 4.78 is 14.4. The maximum absolute atomic E-state index is 12.2. The van der Waals surface area contributed by atoms with Gasteiger partial charge >= 0.3 is 5.97 Å². The molecule has 140 valence electrons. The molecule has 1 aliphatic rings. The van der Waals surface area contributed by atoms with Crippen molar-refractivity contribution in [3.05, 3.63) is 63.9 Å². The Balaban J connectivity index is 1.74. The van der Waals surface area contributed by atoms with Crippen LogP contribution >= 0.6 is 15.9 Å². The molecule has 0 fully saturated rings. The zero-order valence-corrected chi connectivity index (χ0v) is 17.1. The number of halogens is 1. The van der Waals surface area contributed by atoms with Gasteiger partial charge in [0, 0.05) is 27.8 Å². The van der Waals surface area contributed by atoms with Crippen LogP contribution in [-0.4, -0.2) is 15.5 Å². The molecular formula is C21H21BrN2O3. The summed E-state index contributed by atoms with van der Waals surface area (Å²) in [7, 11) is 0. The van der Waals surface area contributed by atoms with Gasteiger partial charge in [-0.05, 0) is 53.9 Å². The van der Waals surface area contributed by atoms with Gasteiger partial charge < -0.3 is 9.47 Å². The van der Waals surface area contributed by atoms with E-state index in [0.717, 1.165) is 21.1 Å². The first-order chi connectivity index (χ1) is 12.8. The van der Waals surface area contributed by atoms with Gasteiger partial charge in [0.15, 0.2) is 6.73 Å². The van der Waals surface area contributed by atoms with Crippen molar-refractivity contribution in [2.45, 2.75) is 40.2 Å². The monoisotopic (exact) mass is 428 g/mol. The van der Waals surface area contributed by atoms with Crippen molar-refractivity contribution in [1.82, 2.24) is 9.55 Å². The lowest BCUT2D eigenvalue weighted by molar-refractivity contribution is -0.156. The molecule has 0 radical (unpaired) electrons. The van der Waals surface area contributed by atoms with E-state index in [9.17, 15) is 4.79 Å². The van der Waals surface area contributed by atoms with Crippen LogP contribution in [0.1, 0.15) is 43.6 Å². The number of esters is 1. The Hall–Kier alpha value is -2.18. The number of pyridine rings is 1. The Morgan fingerprint density at radius 3 is 2.89 bits per heavy atom. The van der Waals surface area contributed by atoms with Crippen molar-refractivity contribution >= 4 is 32.9 Å². The SMILES string of the molecule is CC(C)(C)C(=O)OCn1cc(C2OCc3ccccc32)c2cc(Br)cnc21. The normalized spacial score (nSPS) is 16.5. The maximum Gasteiger partial charge on any atom is 0.312 e. The van der Waals surface area contributed by atoms with Gasteiger partial charge in [0.25, 0.3) is 0 Å². The number of aromatic nitrogens is 2. The Morgan fingerprint density at radius 1 is 1.33 bits per heavy atom. The predicted molar refractivity (Wildman–Crippen MR) is 106 cm³/mol. The van der Waals surface area contributed by atoms with E-state index in [0.29, 0.717) is 6.61 Å². The molecule has 3 heterocycles. The summed E-state index contributed by atoms with van der Waals surface area (Å²) in [6, 6.07) is 10.3. The van der Waals surface area contributed by atoms with E-state index in [1.54, 1.807) is 6.20 Å². The number of fused-ring (bicyclic) bond motifs is 2. The van der Waals surface area contributed by atoms with Crippen LogP contribution < -0.4 is 0 Å². The highest BCUT2D eigenvalue weighted by Gasteiger charge is 2.29. The van der Waals surface area contributed by atoms with Gasteiger partial charge in [-0.25, -0.2) is 4.98 Å². The summed E-state index contributed by atoms with van der Waals surface area (Å²) in [4.78, 5) is 16.7. The lowest BCUT2D eigenvalue weighted by atomic mass is 9.98. The first kappa shape index (κ1) is 18.2. The van der Waals surface area contributed by atoms with Gasteiger partial charge in [-0.1, -0.05) is 24.3 Å². The van der Waals surface area contributed by atoms with Crippen LogP contribution in [0.15, 0.2) is 47.2 Å². The molecule has 0 saturated heterocycles. The quantitative estimate of drug-likeness (QED) is 0.552. The molecule has 1 atom stereocenters. The summed E-state index contributed by atoms with van der Waals surface area (Å²) in [5, 5.41) is 0.984. The highest BCUT2D eigenvalue weighted by atomic mass is 79.9. The first-order valence-electron chi connectivity index (χ1n) is 8.85. The molecule has 4 rings (SSSR count). The molecule has 0 N–H and O–H groups in total. The number of hydrogen-bond acceptors (Lipinski definition) is 4. The molecule has 0 bridgehead atoms. The highest BCUT2D eigenvalue weighted by Crippen LogP contribution is 2.39. The Labute approximate surface area is 166 Å². The van der Waals surface area contributed by atoms with Gasteiger partial charge in [0.05, 0.1) is 12.0 Å². The Morgan fingerprint density at radius 2 is 2.11 bits per heavy atom. The second-order valence-electron chi connectivity index (χ2n) is 7.78. The summed E-state index contributed by atoms with van der Waals surface area (Å²) in [5.41, 5.74) is 3.61. The van der Waals surface area contributed by atoms with Crippen LogP contribution in [0.3, 0.4) is 0 Å². The van der Waals surface area contributed by atoms with Crippen molar-refractivity contribution in [2.75, 3.05) is 0 Å². The van der Waals surface area contributed by atoms with E-state index in [-0.39, 0.29) is 18.8 Å². The largest absolute Gasteiger partial charge is 0.443 e. The van der Waals surface area contributed by atoms with Gasteiger partial charge in [-0.2, -0.15) is 0 Å². The zero-order chi connectivity index (χ0) is 19.2. The third-order valence-corrected chi connectivity index (χ3v) is 5.12. The van der Waals surface area contributed by atoms with Crippen LogP contribution in [0.5, 0.6) is 0 Å². The highest BCUT2D eigenvalue weighted by molar-refractivity contribution is 9.10. The molecule has 3 aromatic rings. The fourth-order valence-corrected chi connectivity index (χ4v) is 3.60. The molecule has 0 saturated carbocycles. The van der Waals surface area contributed by atoms with E-state index < -0.39 is 5.41 Å². The van der Waals surface area contributed by atoms with E-state index in [4.69, 9.17) is 9.47 Å². The number of ether oxygens (including phenoxy) is 2. The fraction of sp³-hybridized carbons (Fsp3) is 0.333. The number of nitrogens with zero attached hydrogens (tertiary/aromatic N) is 2. The van der Waals surface area contributed by atoms with Crippen LogP contribution in [0.4, 0.5) is 0 Å². The summed E-state index contributed by atoms with van der Waals surface area (Å²) in [5.74, 6) is -0.245. The molecule has 1 aliphatic heterocycles. The average molecular weight is 429 g/mol. The second-order valence-corrected chi connectivity index (χ2v) is 8.70. The van der Waals surface area contributed by atoms with Crippen molar-refractivity contribution in [3.63, 3.8) is 0 Å². The van der Waals surface area contributed by atoms with Gasteiger partial charge in [-0.15, -0.1) is 0 Å². The number of benzene rings is 1. The number of hydrogen-bond donors (Lipinski definition) is 0. The lowest BCUT2D eigenvalue weighted by Gasteiger charge is -2.17. The van der Waals surface area contributed by atoms with Crippen molar-refractivity contribution in [3.8, 4) is 0 Å². The summed E-state index contributed by atoms with van der Waals surface area (Å²) in [6.45, 7) is 6.23. The van der Waals surface area contributed by atoms with Crippen molar-refractivity contribution in [2.24, 2.45) is 5.41 Å². The minimum Gasteiger partial charge on any atom is -0.443 e. The Bertz CT molecular complexity index is 1020. The summed E-state index contributed by atoms with van der Waals surface area (Å²) >= 11 is 3.51. The molecule has 0 spiro atoms. The standard InChI is InChI=1S/C21H21BrN2O3/c1-21(2,3)20(25)27-12-24-10-17(16-8-14(22)9-23-19(16)24)18-15-7-5-4-6-13(15)11-26-18/h4-10,18H,11-12H2,1-3H3. The van der Waals surface area contributed by atoms with Crippen LogP contribution in [0.2, 0.25) is 0 Å². The maximum atomic E-state index is 12.2. The molecular weight excluding hydrogens is 408 g/mol. The van der Waals surface area contributed by atoms with E-state index in [1.807, 2.05) is 49.7 Å². The molecule has 0 amide bonds. The third kappa shape index (κ3) is 3.39. The van der Waals surface area contributed by atoms with Crippen LogP contribution in [0.25, 0.3) is 11.0 Å². The minimum atomic E-state index is -0.546. The molecule has 6 heteroatoms. The lowest BCUT2D eigenvalue weighted by Crippen LogP contribution is -2.23. The molecule has 0 aliphatic carbocycles. The van der Waals surface area contributed by atoms with E-state index >= 15 is 0 Å². The number of carbonyl (C=O) groups is 1. The predicted octanol–water partition coefficient (Wildman–Crippen LogP) is 4.97. The van der Waals surface area contributed by atoms with Gasteiger partial charge in [0.1, 0.15) is 11.8 Å². The topological polar surface area (TPSA) is 53.4 Å². The first-order valence-corrected chi connectivity index (χ1v) is 9.65. The van der Waals surface area contributed by atoms with Gasteiger partial charge in [-0.3, -0.25) is 9.36 Å². The van der Waals surface area contributed by atoms with Crippen molar-refractivity contribution in [1.29, 1.82) is 0 Å². The molecule has 2 aromatic heterocycles. The number of carbonyl (C=O) groups excluding carboxylic acids is 1. The third-order valence-electron chi connectivity index (χ3n) is 4.68. The van der Waals surface area contributed by atoms with Crippen LogP contribution in [0, 0.1) is 5.41 Å². The molecule has 5 nitrogen and oxygen atoms in total. The molecule has 1 aromatic carbocycles. The number of rotatable bonds is 3. The Kier molecular flexibility index (Phi) is 4.56. The minimum absolute atomic E-state index is 0.121. The molecule has 27 heavy (non-hydrogen) atoms. The van der Waals surface area contributed by atoms with E-state index in [2.05, 4.69) is 33.0 Å². The fourth-order valence-electron chi connectivity index (χ4n) is 3.27. The zero-order valence-electron chi connectivity index (χ0n) is 15.5. The average Bonchev–Trinajstić information content (AvgIpc) is 3.19. The van der Waals surface area contributed by atoms with E-state index in [1.165, 1.54) is 11.1 Å². The van der Waals surface area contributed by atoms with Crippen LogP contribution in [-0.2, 0) is 27.6 Å². The van der Waals surface area contributed by atoms with Gasteiger partial charge in [0.2, 0.25) is 0 Å². The van der Waals surface area contributed by atoms with Crippen molar-refractivity contribution < 1.29 is 14.3 Å². The smallest absolute Gasteiger partial charge is 0.312 e. The molecule has 1 unspecified atom stereocenters. The second kappa shape index (κ2) is 6.77. The summed E-state index contributed by atoms with van der Waals surface area (Å²) in [6.07, 6.45) is 3.57.